The van der Waals surface area contributed by atoms with Gasteiger partial charge in [0.2, 0.25) is 5.91 Å². The minimum atomic E-state index is -3.27. The van der Waals surface area contributed by atoms with Crippen LogP contribution in [0.2, 0.25) is 0 Å². The highest BCUT2D eigenvalue weighted by atomic mass is 32.2. The van der Waals surface area contributed by atoms with Gasteiger partial charge in [0, 0.05) is 51.1 Å². The Morgan fingerprint density at radius 3 is 2.19 bits per heavy atom. The van der Waals surface area contributed by atoms with Gasteiger partial charge >= 0.3 is 0 Å². The van der Waals surface area contributed by atoms with Crippen LogP contribution < -0.4 is 0 Å². The van der Waals surface area contributed by atoms with E-state index in [2.05, 4.69) is 4.90 Å². The van der Waals surface area contributed by atoms with Crippen molar-refractivity contribution in [3.05, 3.63) is 29.8 Å². The Labute approximate surface area is 161 Å². The summed E-state index contributed by atoms with van der Waals surface area (Å²) in [7, 11) is -3.27. The van der Waals surface area contributed by atoms with Crippen molar-refractivity contribution in [1.29, 1.82) is 0 Å². The maximum atomic E-state index is 12.7. The number of sulfone groups is 1. The van der Waals surface area contributed by atoms with Gasteiger partial charge in [-0.2, -0.15) is 0 Å². The first-order chi connectivity index (χ1) is 12.8. The van der Waals surface area contributed by atoms with Gasteiger partial charge in [0.05, 0.1) is 11.4 Å². The van der Waals surface area contributed by atoms with Crippen LogP contribution in [0.15, 0.2) is 29.2 Å². The molecule has 0 saturated carbocycles. The Morgan fingerprint density at radius 1 is 1.00 bits per heavy atom. The molecule has 1 saturated heterocycles. The Hall–Kier alpha value is -1.93. The van der Waals surface area contributed by atoms with Crippen molar-refractivity contribution in [2.24, 2.45) is 0 Å². The minimum Gasteiger partial charge on any atom is -0.342 e. The van der Waals surface area contributed by atoms with Gasteiger partial charge in [0.1, 0.15) is 0 Å². The lowest BCUT2D eigenvalue weighted by atomic mass is 10.2. The molecule has 27 heavy (non-hydrogen) atoms. The highest BCUT2D eigenvalue weighted by molar-refractivity contribution is 7.90. The number of carbonyl (C=O) groups is 2. The summed E-state index contributed by atoms with van der Waals surface area (Å²) in [5.74, 6) is 0.0168. The fourth-order valence-electron chi connectivity index (χ4n) is 3.23. The van der Waals surface area contributed by atoms with Crippen molar-refractivity contribution in [3.63, 3.8) is 0 Å². The van der Waals surface area contributed by atoms with Crippen molar-refractivity contribution >= 4 is 21.7 Å². The summed E-state index contributed by atoms with van der Waals surface area (Å²) in [5, 5.41) is 0. The summed E-state index contributed by atoms with van der Waals surface area (Å²) >= 11 is 0. The highest BCUT2D eigenvalue weighted by Crippen LogP contribution is 2.14. The predicted octanol–water partition coefficient (Wildman–Crippen LogP) is 1.11. The third-order valence-electron chi connectivity index (χ3n) is 4.88. The molecule has 1 aromatic carbocycles. The molecular formula is C19H29N3O4S. The molecule has 0 unspecified atom stereocenters. The van der Waals surface area contributed by atoms with Crippen LogP contribution in [0, 0.1) is 0 Å². The van der Waals surface area contributed by atoms with Gasteiger partial charge in [-0.1, -0.05) is 0 Å². The fourth-order valence-corrected chi connectivity index (χ4v) is 3.86. The van der Waals surface area contributed by atoms with Crippen LogP contribution in [0.25, 0.3) is 0 Å². The van der Waals surface area contributed by atoms with E-state index >= 15 is 0 Å². The van der Waals surface area contributed by atoms with Crippen molar-refractivity contribution in [1.82, 2.24) is 14.7 Å². The first-order valence-corrected chi connectivity index (χ1v) is 11.2. The Morgan fingerprint density at radius 2 is 1.63 bits per heavy atom. The lowest BCUT2D eigenvalue weighted by Crippen LogP contribution is -2.42. The van der Waals surface area contributed by atoms with Crippen LogP contribution in [-0.4, -0.2) is 87.0 Å². The van der Waals surface area contributed by atoms with Gasteiger partial charge in [0.25, 0.3) is 5.91 Å². The molecule has 0 radical (unpaired) electrons. The zero-order chi connectivity index (χ0) is 20.0. The van der Waals surface area contributed by atoms with Gasteiger partial charge in [-0.25, -0.2) is 8.42 Å². The van der Waals surface area contributed by atoms with E-state index in [4.69, 9.17) is 0 Å². The summed E-state index contributed by atoms with van der Waals surface area (Å²) < 4.78 is 23.1. The lowest BCUT2D eigenvalue weighted by molar-refractivity contribution is -0.132. The van der Waals surface area contributed by atoms with Gasteiger partial charge in [-0.05, 0) is 44.5 Å². The summed E-state index contributed by atoms with van der Waals surface area (Å²) in [6.07, 6.45) is 1.95. The molecule has 0 aromatic heterocycles. The summed E-state index contributed by atoms with van der Waals surface area (Å²) in [6.45, 7) is 8.35. The van der Waals surface area contributed by atoms with Crippen LogP contribution in [0.1, 0.15) is 30.6 Å². The first kappa shape index (κ1) is 21.4. The summed E-state index contributed by atoms with van der Waals surface area (Å²) in [4.78, 5) is 30.9. The number of benzene rings is 1. The number of rotatable bonds is 6. The standard InChI is InChI=1S/C19H29N3O4S/c1-4-21(5-2)18(23)15-20-11-6-12-22(14-13-20)19(24)16-7-9-17(10-8-16)27(3,25)26/h7-10H,4-6,11-15H2,1-3H3. The van der Waals surface area contributed by atoms with E-state index in [1.165, 1.54) is 12.1 Å². The number of likely N-dealkylation sites (N-methyl/N-ethyl adjacent to an activating group) is 1. The van der Waals surface area contributed by atoms with E-state index in [1.807, 2.05) is 18.7 Å². The topological polar surface area (TPSA) is 78.0 Å². The van der Waals surface area contributed by atoms with E-state index < -0.39 is 9.84 Å². The second-order valence-electron chi connectivity index (χ2n) is 6.78. The molecule has 0 aliphatic carbocycles. The molecule has 1 fully saturated rings. The van der Waals surface area contributed by atoms with Crippen molar-refractivity contribution < 1.29 is 18.0 Å². The number of amides is 2. The fraction of sp³-hybridized carbons (Fsp3) is 0.579. The van der Waals surface area contributed by atoms with Crippen molar-refractivity contribution in [2.45, 2.75) is 25.2 Å². The second kappa shape index (κ2) is 9.32. The van der Waals surface area contributed by atoms with Crippen LogP contribution in [-0.2, 0) is 14.6 Å². The molecule has 0 atom stereocenters. The third kappa shape index (κ3) is 5.77. The highest BCUT2D eigenvalue weighted by Gasteiger charge is 2.22. The van der Waals surface area contributed by atoms with Crippen LogP contribution in [0.4, 0.5) is 0 Å². The average molecular weight is 396 g/mol. The average Bonchev–Trinajstić information content (AvgIpc) is 2.87. The van der Waals surface area contributed by atoms with Gasteiger partial charge in [-0.15, -0.1) is 0 Å². The Kier molecular flexibility index (Phi) is 7.38. The largest absolute Gasteiger partial charge is 0.342 e. The van der Waals surface area contributed by atoms with E-state index in [9.17, 15) is 18.0 Å². The first-order valence-electron chi connectivity index (χ1n) is 9.35. The Bertz CT molecular complexity index is 758. The van der Waals surface area contributed by atoms with Crippen molar-refractivity contribution in [2.75, 3.05) is 52.1 Å². The molecule has 2 amide bonds. The molecule has 1 heterocycles. The molecule has 1 aromatic rings. The predicted molar refractivity (Wildman–Crippen MR) is 104 cm³/mol. The second-order valence-corrected chi connectivity index (χ2v) is 8.80. The maximum absolute atomic E-state index is 12.7. The molecular weight excluding hydrogens is 366 g/mol. The molecule has 0 spiro atoms. The quantitative estimate of drug-likeness (QED) is 0.721. The van der Waals surface area contributed by atoms with Crippen LogP contribution in [0.5, 0.6) is 0 Å². The van der Waals surface area contributed by atoms with E-state index in [1.54, 1.807) is 17.0 Å². The zero-order valence-electron chi connectivity index (χ0n) is 16.3. The monoisotopic (exact) mass is 395 g/mol. The van der Waals surface area contributed by atoms with Crippen LogP contribution in [0.3, 0.4) is 0 Å². The zero-order valence-corrected chi connectivity index (χ0v) is 17.2. The number of hydrogen-bond acceptors (Lipinski definition) is 5. The molecule has 8 heteroatoms. The van der Waals surface area contributed by atoms with E-state index in [0.717, 1.165) is 19.2 Å². The molecule has 150 valence electrons. The molecule has 0 bridgehead atoms. The van der Waals surface area contributed by atoms with Crippen molar-refractivity contribution in [3.8, 4) is 0 Å². The number of hydrogen-bond donors (Lipinski definition) is 0. The normalized spacial score (nSPS) is 16.0. The van der Waals surface area contributed by atoms with Gasteiger partial charge in [0.15, 0.2) is 9.84 Å². The molecule has 7 nitrogen and oxygen atoms in total. The number of carbonyl (C=O) groups excluding carboxylic acids is 2. The number of nitrogens with zero attached hydrogens (tertiary/aromatic N) is 3. The molecule has 0 N–H and O–H groups in total. The molecule has 2 rings (SSSR count). The SMILES string of the molecule is CCN(CC)C(=O)CN1CCCN(C(=O)c2ccc(S(C)(=O)=O)cc2)CC1. The third-order valence-corrected chi connectivity index (χ3v) is 6.01. The molecule has 1 aliphatic heterocycles. The van der Waals surface area contributed by atoms with Gasteiger partial charge < -0.3 is 9.80 Å². The summed E-state index contributed by atoms with van der Waals surface area (Å²) in [5.41, 5.74) is 0.482. The van der Waals surface area contributed by atoms with Gasteiger partial charge in [-0.3, -0.25) is 14.5 Å². The van der Waals surface area contributed by atoms with E-state index in [-0.39, 0.29) is 16.7 Å². The summed E-state index contributed by atoms with van der Waals surface area (Å²) in [6, 6.07) is 6.06. The maximum Gasteiger partial charge on any atom is 0.253 e. The minimum absolute atomic E-state index is 0.105. The molecule has 1 aliphatic rings. The van der Waals surface area contributed by atoms with E-state index in [0.29, 0.717) is 44.8 Å². The Balaban J connectivity index is 1.97. The smallest absolute Gasteiger partial charge is 0.253 e. The lowest BCUT2D eigenvalue weighted by Gasteiger charge is -2.25. The van der Waals surface area contributed by atoms with Crippen LogP contribution >= 0.6 is 0 Å².